The molecule has 12 heavy (non-hydrogen) atoms. The van der Waals surface area contributed by atoms with E-state index < -0.39 is 0 Å². The van der Waals surface area contributed by atoms with Crippen LogP contribution in [-0.2, 0) is 6.54 Å². The Balaban J connectivity index is 2.13. The fraction of sp³-hybridized carbons (Fsp3) is 0.556. The molecule has 1 aromatic heterocycles. The highest BCUT2D eigenvalue weighted by Gasteiger charge is 2.21. The number of nitrogens with zero attached hydrogens (tertiary/aromatic N) is 2. The van der Waals surface area contributed by atoms with Crippen LogP contribution < -0.4 is 5.73 Å². The van der Waals surface area contributed by atoms with Gasteiger partial charge in [-0.2, -0.15) is 0 Å². The highest BCUT2D eigenvalue weighted by molar-refractivity contribution is 5.08. The summed E-state index contributed by atoms with van der Waals surface area (Å²) in [6.07, 6.45) is 7.50. The van der Waals surface area contributed by atoms with Crippen LogP contribution in [0.4, 0.5) is 0 Å². The molecule has 0 amide bonds. The maximum absolute atomic E-state index is 5.44. The third-order valence-corrected chi connectivity index (χ3v) is 2.43. The zero-order chi connectivity index (χ0) is 8.39. The Morgan fingerprint density at radius 2 is 2.00 bits per heavy atom. The average molecular weight is 163 g/mol. The Labute approximate surface area is 72.0 Å². The van der Waals surface area contributed by atoms with E-state index in [9.17, 15) is 0 Å². The first-order valence-electron chi connectivity index (χ1n) is 4.41. The number of rotatable bonds is 2. The van der Waals surface area contributed by atoms with Crippen molar-refractivity contribution in [3.63, 3.8) is 0 Å². The zero-order valence-corrected chi connectivity index (χ0v) is 7.03. The minimum absolute atomic E-state index is 0.533. The van der Waals surface area contributed by atoms with E-state index in [0.717, 1.165) is 11.4 Å². The lowest BCUT2D eigenvalue weighted by atomic mass is 9.85. The Morgan fingerprint density at radius 1 is 1.33 bits per heavy atom. The summed E-state index contributed by atoms with van der Waals surface area (Å²) in [4.78, 5) is 8.56. The van der Waals surface area contributed by atoms with Crippen LogP contribution in [0.2, 0.25) is 0 Å². The largest absolute Gasteiger partial charge is 0.326 e. The second-order valence-corrected chi connectivity index (χ2v) is 3.28. The molecule has 0 unspecified atom stereocenters. The fourth-order valence-electron chi connectivity index (χ4n) is 1.35. The monoisotopic (exact) mass is 163 g/mol. The van der Waals surface area contributed by atoms with Gasteiger partial charge < -0.3 is 5.73 Å². The van der Waals surface area contributed by atoms with E-state index in [1.54, 1.807) is 0 Å². The zero-order valence-electron chi connectivity index (χ0n) is 7.03. The van der Waals surface area contributed by atoms with Gasteiger partial charge in [0.15, 0.2) is 0 Å². The normalized spacial score (nSPS) is 17.4. The van der Waals surface area contributed by atoms with Crippen LogP contribution in [0.25, 0.3) is 0 Å². The number of hydrogen-bond donors (Lipinski definition) is 1. The van der Waals surface area contributed by atoms with Crippen molar-refractivity contribution >= 4 is 0 Å². The van der Waals surface area contributed by atoms with Crippen molar-refractivity contribution in [2.45, 2.75) is 31.7 Å². The van der Waals surface area contributed by atoms with E-state index in [2.05, 4.69) is 9.97 Å². The van der Waals surface area contributed by atoms with Gasteiger partial charge in [0.1, 0.15) is 5.82 Å². The lowest BCUT2D eigenvalue weighted by Gasteiger charge is -2.23. The highest BCUT2D eigenvalue weighted by Crippen LogP contribution is 2.33. The maximum Gasteiger partial charge on any atom is 0.131 e. The molecule has 2 N–H and O–H groups in total. The summed E-state index contributed by atoms with van der Waals surface area (Å²) in [5.74, 6) is 1.62. The van der Waals surface area contributed by atoms with Crippen LogP contribution in [-0.4, -0.2) is 9.97 Å². The molecule has 0 aliphatic heterocycles. The lowest BCUT2D eigenvalue weighted by molar-refractivity contribution is 0.401. The molecule has 0 radical (unpaired) electrons. The average Bonchev–Trinajstić information content (AvgIpc) is 2.03. The number of aromatic nitrogens is 2. The van der Waals surface area contributed by atoms with Crippen molar-refractivity contribution in [3.05, 3.63) is 23.8 Å². The third kappa shape index (κ3) is 1.32. The van der Waals surface area contributed by atoms with Crippen molar-refractivity contribution in [2.75, 3.05) is 0 Å². The third-order valence-electron chi connectivity index (χ3n) is 2.43. The molecule has 64 valence electrons. The van der Waals surface area contributed by atoms with Crippen LogP contribution in [0.5, 0.6) is 0 Å². The van der Waals surface area contributed by atoms with Gasteiger partial charge in [-0.1, -0.05) is 6.42 Å². The molecule has 1 aliphatic rings. The smallest absolute Gasteiger partial charge is 0.131 e. The topological polar surface area (TPSA) is 51.8 Å². The Kier molecular flexibility index (Phi) is 2.04. The van der Waals surface area contributed by atoms with Crippen LogP contribution in [0, 0.1) is 0 Å². The van der Waals surface area contributed by atoms with Gasteiger partial charge >= 0.3 is 0 Å². The van der Waals surface area contributed by atoms with Gasteiger partial charge in [0.25, 0.3) is 0 Å². The summed E-state index contributed by atoms with van der Waals surface area (Å²) in [6.45, 7) is 0.533. The van der Waals surface area contributed by atoms with E-state index in [1.807, 2.05) is 12.4 Å². The van der Waals surface area contributed by atoms with Gasteiger partial charge in [-0.3, -0.25) is 0 Å². The molecule has 1 aromatic rings. The summed E-state index contributed by atoms with van der Waals surface area (Å²) in [5, 5.41) is 0. The Hall–Kier alpha value is -0.960. The molecule has 0 aromatic carbocycles. The number of hydrogen-bond acceptors (Lipinski definition) is 3. The van der Waals surface area contributed by atoms with Crippen LogP contribution >= 0.6 is 0 Å². The van der Waals surface area contributed by atoms with Crippen molar-refractivity contribution in [1.82, 2.24) is 9.97 Å². The molecular weight excluding hydrogens is 150 g/mol. The molecule has 0 atom stereocenters. The highest BCUT2D eigenvalue weighted by atomic mass is 14.9. The van der Waals surface area contributed by atoms with E-state index in [-0.39, 0.29) is 0 Å². The van der Waals surface area contributed by atoms with Crippen molar-refractivity contribution in [1.29, 1.82) is 0 Å². The van der Waals surface area contributed by atoms with Crippen molar-refractivity contribution in [2.24, 2.45) is 5.73 Å². The minimum atomic E-state index is 0.533. The van der Waals surface area contributed by atoms with Gasteiger partial charge in [0, 0.05) is 30.4 Å². The van der Waals surface area contributed by atoms with E-state index in [1.165, 1.54) is 19.3 Å². The van der Waals surface area contributed by atoms with Gasteiger partial charge in [-0.15, -0.1) is 0 Å². The summed E-state index contributed by atoms with van der Waals surface area (Å²) < 4.78 is 0. The van der Waals surface area contributed by atoms with Gasteiger partial charge in [0.2, 0.25) is 0 Å². The van der Waals surface area contributed by atoms with Crippen molar-refractivity contribution < 1.29 is 0 Å². The Morgan fingerprint density at radius 3 is 2.42 bits per heavy atom. The van der Waals surface area contributed by atoms with E-state index in [0.29, 0.717) is 12.5 Å². The standard InChI is InChI=1S/C9H13N3/c10-4-7-5-11-9(12-6-7)8-2-1-3-8/h5-6,8H,1-4,10H2. The second kappa shape index (κ2) is 3.19. The fourth-order valence-corrected chi connectivity index (χ4v) is 1.35. The first-order valence-corrected chi connectivity index (χ1v) is 4.41. The first-order chi connectivity index (χ1) is 5.90. The molecule has 0 bridgehead atoms. The molecule has 0 saturated heterocycles. The van der Waals surface area contributed by atoms with Gasteiger partial charge in [0.05, 0.1) is 0 Å². The Bertz CT molecular complexity index is 251. The maximum atomic E-state index is 5.44. The summed E-state index contributed by atoms with van der Waals surface area (Å²) >= 11 is 0. The molecule has 3 heteroatoms. The summed E-state index contributed by atoms with van der Waals surface area (Å²) in [5.41, 5.74) is 6.45. The lowest BCUT2D eigenvalue weighted by Crippen LogP contribution is -2.13. The van der Waals surface area contributed by atoms with Crippen LogP contribution in [0.1, 0.15) is 36.6 Å². The minimum Gasteiger partial charge on any atom is -0.326 e. The predicted molar refractivity (Wildman–Crippen MR) is 46.5 cm³/mol. The molecule has 0 spiro atoms. The van der Waals surface area contributed by atoms with Gasteiger partial charge in [-0.05, 0) is 12.8 Å². The van der Waals surface area contributed by atoms with Crippen LogP contribution in [0.3, 0.4) is 0 Å². The molecular formula is C9H13N3. The second-order valence-electron chi connectivity index (χ2n) is 3.28. The van der Waals surface area contributed by atoms with Gasteiger partial charge in [-0.25, -0.2) is 9.97 Å². The predicted octanol–water partition coefficient (Wildman–Crippen LogP) is 1.20. The molecule has 1 aliphatic carbocycles. The molecule has 1 saturated carbocycles. The van der Waals surface area contributed by atoms with Crippen LogP contribution in [0.15, 0.2) is 12.4 Å². The molecule has 1 fully saturated rings. The molecule has 3 nitrogen and oxygen atoms in total. The first kappa shape index (κ1) is 7.68. The SMILES string of the molecule is NCc1cnc(C2CCC2)nc1. The summed E-state index contributed by atoms with van der Waals surface area (Å²) in [7, 11) is 0. The molecule has 1 heterocycles. The number of nitrogens with two attached hydrogens (primary N) is 1. The molecule has 2 rings (SSSR count). The quantitative estimate of drug-likeness (QED) is 0.712. The van der Waals surface area contributed by atoms with E-state index >= 15 is 0 Å². The van der Waals surface area contributed by atoms with E-state index in [4.69, 9.17) is 5.73 Å². The van der Waals surface area contributed by atoms with Crippen molar-refractivity contribution in [3.8, 4) is 0 Å². The summed E-state index contributed by atoms with van der Waals surface area (Å²) in [6, 6.07) is 0.